The topological polar surface area (TPSA) is 95.3 Å². The van der Waals surface area contributed by atoms with Crippen LogP contribution in [0, 0.1) is 17.0 Å². The van der Waals surface area contributed by atoms with E-state index in [1.165, 1.54) is 22.7 Å². The molecule has 0 aliphatic rings. The maximum atomic E-state index is 10.9. The van der Waals surface area contributed by atoms with Gasteiger partial charge in [-0.05, 0) is 30.5 Å². The van der Waals surface area contributed by atoms with Crippen molar-refractivity contribution in [2.24, 2.45) is 4.99 Å². The van der Waals surface area contributed by atoms with Crippen LogP contribution in [-0.4, -0.2) is 29.5 Å². The number of nitro benzene ring substituents is 1. The van der Waals surface area contributed by atoms with Gasteiger partial charge in [0.25, 0.3) is 5.69 Å². The zero-order valence-electron chi connectivity index (χ0n) is 15.5. The van der Waals surface area contributed by atoms with E-state index < -0.39 is 0 Å². The molecule has 7 nitrogen and oxygen atoms in total. The lowest BCUT2D eigenvalue weighted by molar-refractivity contribution is -0.384. The molecule has 0 spiro atoms. The molecular formula is C20H23N5O2. The van der Waals surface area contributed by atoms with Gasteiger partial charge in [-0.2, -0.15) is 0 Å². The summed E-state index contributed by atoms with van der Waals surface area (Å²) in [6.45, 7) is 3.29. The van der Waals surface area contributed by atoms with Gasteiger partial charge >= 0.3 is 0 Å². The summed E-state index contributed by atoms with van der Waals surface area (Å²) in [7, 11) is 1.71. The van der Waals surface area contributed by atoms with E-state index in [2.05, 4.69) is 39.7 Å². The first kappa shape index (κ1) is 18.4. The summed E-state index contributed by atoms with van der Waals surface area (Å²) in [5, 5.41) is 18.6. The number of nitro groups is 1. The van der Waals surface area contributed by atoms with Gasteiger partial charge in [0.1, 0.15) is 0 Å². The number of aromatic nitrogens is 1. The number of aliphatic imine (C=N–C) groups is 1. The molecule has 0 unspecified atom stereocenters. The molecule has 0 atom stereocenters. The molecule has 1 aromatic heterocycles. The normalized spacial score (nSPS) is 11.6. The number of aromatic amines is 1. The third-order valence-electron chi connectivity index (χ3n) is 4.50. The molecule has 0 aliphatic heterocycles. The van der Waals surface area contributed by atoms with Crippen LogP contribution in [0.2, 0.25) is 0 Å². The van der Waals surface area contributed by atoms with Gasteiger partial charge in [0.2, 0.25) is 0 Å². The number of hydrogen-bond acceptors (Lipinski definition) is 3. The number of non-ortho nitro benzene ring substituents is 1. The summed E-state index contributed by atoms with van der Waals surface area (Å²) in [4.78, 5) is 18.1. The van der Waals surface area contributed by atoms with Crippen molar-refractivity contribution in [3.63, 3.8) is 0 Å². The minimum absolute atomic E-state index is 0.0899. The molecule has 140 valence electrons. The van der Waals surface area contributed by atoms with E-state index in [1.54, 1.807) is 19.2 Å². The Labute approximate surface area is 157 Å². The molecule has 0 radical (unpaired) electrons. The first-order valence-electron chi connectivity index (χ1n) is 8.82. The smallest absolute Gasteiger partial charge is 0.269 e. The molecule has 0 saturated carbocycles. The predicted octanol–water partition coefficient (Wildman–Crippen LogP) is 3.29. The van der Waals surface area contributed by atoms with Crippen molar-refractivity contribution >= 4 is 22.5 Å². The second-order valence-electron chi connectivity index (χ2n) is 6.30. The number of H-pyrrole nitrogens is 1. The van der Waals surface area contributed by atoms with Gasteiger partial charge in [-0.3, -0.25) is 15.1 Å². The summed E-state index contributed by atoms with van der Waals surface area (Å²) >= 11 is 0. The Morgan fingerprint density at radius 2 is 2.00 bits per heavy atom. The van der Waals surface area contributed by atoms with Crippen LogP contribution >= 0.6 is 0 Å². The maximum Gasteiger partial charge on any atom is 0.269 e. The van der Waals surface area contributed by atoms with Crippen molar-refractivity contribution in [1.82, 2.24) is 15.6 Å². The molecule has 1 heterocycles. The van der Waals surface area contributed by atoms with Gasteiger partial charge in [-0.1, -0.05) is 30.3 Å². The zero-order valence-corrected chi connectivity index (χ0v) is 15.5. The second-order valence-corrected chi connectivity index (χ2v) is 6.30. The molecule has 27 heavy (non-hydrogen) atoms. The number of nitrogens with one attached hydrogen (secondary N) is 3. The molecule has 0 fully saturated rings. The minimum atomic E-state index is -0.389. The third kappa shape index (κ3) is 4.44. The van der Waals surface area contributed by atoms with Gasteiger partial charge in [0, 0.05) is 48.9 Å². The van der Waals surface area contributed by atoms with Crippen LogP contribution in [0.25, 0.3) is 10.9 Å². The highest BCUT2D eigenvalue weighted by Gasteiger charge is 2.09. The number of benzene rings is 2. The average molecular weight is 365 g/mol. The Kier molecular flexibility index (Phi) is 5.71. The van der Waals surface area contributed by atoms with Crippen LogP contribution in [0.4, 0.5) is 5.69 Å². The summed E-state index contributed by atoms with van der Waals surface area (Å²) in [5.74, 6) is 0.666. The lowest BCUT2D eigenvalue weighted by atomic mass is 10.1. The number of hydrogen-bond donors (Lipinski definition) is 3. The highest BCUT2D eigenvalue weighted by atomic mass is 16.6. The van der Waals surface area contributed by atoms with Crippen molar-refractivity contribution < 1.29 is 4.92 Å². The van der Waals surface area contributed by atoms with E-state index in [1.807, 2.05) is 18.2 Å². The first-order chi connectivity index (χ1) is 13.1. The summed E-state index contributed by atoms with van der Waals surface area (Å²) < 4.78 is 0. The number of guanidine groups is 1. The summed E-state index contributed by atoms with van der Waals surface area (Å²) in [6, 6.07) is 14.9. The second kappa shape index (κ2) is 8.35. The molecule has 3 rings (SSSR count). The predicted molar refractivity (Wildman–Crippen MR) is 108 cm³/mol. The van der Waals surface area contributed by atoms with Crippen molar-refractivity contribution in [1.29, 1.82) is 0 Å². The first-order valence-corrected chi connectivity index (χ1v) is 8.82. The fraction of sp³-hybridized carbons (Fsp3) is 0.250. The van der Waals surface area contributed by atoms with Crippen molar-refractivity contribution in [3.05, 3.63) is 75.5 Å². The SMILES string of the molecule is CN=C(NCCc1c(C)[nH]c2ccccc12)NCc1cccc([N+](=O)[O-])c1. The van der Waals surface area contributed by atoms with E-state index in [0.29, 0.717) is 12.5 Å². The fourth-order valence-corrected chi connectivity index (χ4v) is 3.15. The minimum Gasteiger partial charge on any atom is -0.358 e. The molecule has 3 aromatic rings. The molecule has 0 aliphatic carbocycles. The Morgan fingerprint density at radius 3 is 2.78 bits per heavy atom. The lowest BCUT2D eigenvalue weighted by Crippen LogP contribution is -2.37. The molecule has 0 saturated heterocycles. The Bertz CT molecular complexity index is 977. The van der Waals surface area contributed by atoms with E-state index >= 15 is 0 Å². The quantitative estimate of drug-likeness (QED) is 0.270. The van der Waals surface area contributed by atoms with Gasteiger partial charge in [0.15, 0.2) is 5.96 Å². The molecular weight excluding hydrogens is 342 g/mol. The summed E-state index contributed by atoms with van der Waals surface area (Å²) in [5.41, 5.74) is 4.55. The van der Waals surface area contributed by atoms with Crippen LogP contribution in [0.1, 0.15) is 16.8 Å². The molecule has 0 bridgehead atoms. The van der Waals surface area contributed by atoms with Crippen molar-refractivity contribution in [2.75, 3.05) is 13.6 Å². The van der Waals surface area contributed by atoms with Gasteiger partial charge in [-0.25, -0.2) is 0 Å². The Hall–Kier alpha value is -3.35. The van der Waals surface area contributed by atoms with E-state index in [9.17, 15) is 10.1 Å². The van der Waals surface area contributed by atoms with Crippen LogP contribution in [0.15, 0.2) is 53.5 Å². The molecule has 0 amide bonds. The standard InChI is InChI=1S/C20H23N5O2/c1-14-17(18-8-3-4-9-19(18)24-14)10-11-22-20(21-2)23-13-15-6-5-7-16(12-15)25(26)27/h3-9,12,24H,10-11,13H2,1-2H3,(H2,21,22,23). The van der Waals surface area contributed by atoms with Crippen LogP contribution in [0.5, 0.6) is 0 Å². The van der Waals surface area contributed by atoms with Gasteiger partial charge < -0.3 is 15.6 Å². The maximum absolute atomic E-state index is 10.9. The van der Waals surface area contributed by atoms with Crippen LogP contribution in [-0.2, 0) is 13.0 Å². The van der Waals surface area contributed by atoms with Crippen LogP contribution in [0.3, 0.4) is 0 Å². The third-order valence-corrected chi connectivity index (χ3v) is 4.50. The number of aryl methyl sites for hydroxylation is 1. The number of fused-ring (bicyclic) bond motifs is 1. The van der Waals surface area contributed by atoms with E-state index in [0.717, 1.165) is 24.0 Å². The van der Waals surface area contributed by atoms with E-state index in [-0.39, 0.29) is 10.6 Å². The van der Waals surface area contributed by atoms with E-state index in [4.69, 9.17) is 0 Å². The number of nitrogens with zero attached hydrogens (tertiary/aromatic N) is 2. The molecule has 2 aromatic carbocycles. The zero-order chi connectivity index (χ0) is 19.2. The van der Waals surface area contributed by atoms with Gasteiger partial charge in [0.05, 0.1) is 4.92 Å². The van der Waals surface area contributed by atoms with Crippen LogP contribution < -0.4 is 10.6 Å². The van der Waals surface area contributed by atoms with Gasteiger partial charge in [-0.15, -0.1) is 0 Å². The highest BCUT2D eigenvalue weighted by molar-refractivity contribution is 5.84. The molecule has 7 heteroatoms. The lowest BCUT2D eigenvalue weighted by Gasteiger charge is -2.12. The Balaban J connectivity index is 1.56. The highest BCUT2D eigenvalue weighted by Crippen LogP contribution is 2.21. The fourth-order valence-electron chi connectivity index (χ4n) is 3.15. The Morgan fingerprint density at radius 1 is 1.19 bits per heavy atom. The summed E-state index contributed by atoms with van der Waals surface area (Å²) in [6.07, 6.45) is 0.868. The number of rotatable bonds is 6. The number of para-hydroxylation sites is 1. The largest absolute Gasteiger partial charge is 0.358 e. The average Bonchev–Trinajstić information content (AvgIpc) is 3.00. The molecule has 3 N–H and O–H groups in total. The van der Waals surface area contributed by atoms with Crippen molar-refractivity contribution in [3.8, 4) is 0 Å². The monoisotopic (exact) mass is 365 g/mol. The van der Waals surface area contributed by atoms with Crippen molar-refractivity contribution in [2.45, 2.75) is 19.9 Å².